The van der Waals surface area contributed by atoms with Crippen molar-refractivity contribution in [3.63, 3.8) is 0 Å². The van der Waals surface area contributed by atoms with Crippen molar-refractivity contribution in [3.05, 3.63) is 71.5 Å². The minimum Gasteiger partial charge on any atom is -0.484 e. The second-order valence-electron chi connectivity index (χ2n) is 4.55. The van der Waals surface area contributed by atoms with Crippen LogP contribution in [0.15, 0.2) is 65.8 Å². The molecular weight excluding hydrogens is 346 g/mol. The number of carbonyl (C=O) groups excluding carboxylic acids is 1. The van der Waals surface area contributed by atoms with Crippen molar-refractivity contribution >= 4 is 21.7 Å². The molecule has 2 aromatic heterocycles. The molecule has 0 unspecified atom stereocenters. The fraction of sp³-hybridized carbons (Fsp3) is 0.0625. The molecule has 3 aromatic rings. The van der Waals surface area contributed by atoms with Crippen LogP contribution in [0, 0.1) is 0 Å². The van der Waals surface area contributed by atoms with E-state index in [9.17, 15) is 4.79 Å². The minimum atomic E-state index is -0.183. The molecule has 0 bridgehead atoms. The second-order valence-corrected chi connectivity index (χ2v) is 5.46. The first-order valence-electron chi connectivity index (χ1n) is 6.58. The third-order valence-electron chi connectivity index (χ3n) is 2.98. The quantitative estimate of drug-likeness (QED) is 0.657. The van der Waals surface area contributed by atoms with Gasteiger partial charge in [0.2, 0.25) is 5.78 Å². The third kappa shape index (κ3) is 3.40. The fourth-order valence-corrected chi connectivity index (χ4v) is 2.29. The summed E-state index contributed by atoms with van der Waals surface area (Å²) in [5, 5.41) is 0. The number of ketones is 1. The minimum absolute atomic E-state index is 0.0683. The first-order valence-corrected chi connectivity index (χ1v) is 7.37. The summed E-state index contributed by atoms with van der Waals surface area (Å²) in [7, 11) is 0. The molecule has 5 nitrogen and oxygen atoms in total. The predicted molar refractivity (Wildman–Crippen MR) is 85.3 cm³/mol. The molecule has 0 amide bonds. The molecule has 2 heterocycles. The number of aromatic nitrogens is 3. The Morgan fingerprint density at radius 3 is 2.95 bits per heavy atom. The van der Waals surface area contributed by atoms with Gasteiger partial charge in [0.15, 0.2) is 6.61 Å². The van der Waals surface area contributed by atoms with Crippen molar-refractivity contribution in [2.75, 3.05) is 6.61 Å². The van der Waals surface area contributed by atoms with E-state index in [-0.39, 0.29) is 12.4 Å². The van der Waals surface area contributed by atoms with E-state index in [2.05, 4.69) is 25.9 Å². The Morgan fingerprint density at radius 1 is 1.27 bits per heavy atom. The van der Waals surface area contributed by atoms with Gasteiger partial charge in [-0.15, -0.1) is 0 Å². The zero-order valence-corrected chi connectivity index (χ0v) is 13.1. The van der Waals surface area contributed by atoms with E-state index in [0.29, 0.717) is 11.4 Å². The number of hydrogen-bond donors (Lipinski definition) is 0. The van der Waals surface area contributed by atoms with Crippen LogP contribution in [0.2, 0.25) is 0 Å². The SMILES string of the molecule is O=C(COc1cccnc1)c1cn(-c2cccc(Br)c2)cn1. The molecule has 6 heteroatoms. The lowest BCUT2D eigenvalue weighted by molar-refractivity contribution is 0.0916. The van der Waals surface area contributed by atoms with Gasteiger partial charge in [0.25, 0.3) is 0 Å². The van der Waals surface area contributed by atoms with Crippen LogP contribution in [0.25, 0.3) is 5.69 Å². The molecule has 110 valence electrons. The highest BCUT2D eigenvalue weighted by atomic mass is 79.9. The number of carbonyl (C=O) groups is 1. The maximum atomic E-state index is 12.1. The molecule has 1 aromatic carbocycles. The van der Waals surface area contributed by atoms with Crippen molar-refractivity contribution in [2.45, 2.75) is 0 Å². The smallest absolute Gasteiger partial charge is 0.220 e. The van der Waals surface area contributed by atoms with Gasteiger partial charge in [0.1, 0.15) is 17.8 Å². The predicted octanol–water partition coefficient (Wildman–Crippen LogP) is 3.29. The molecular formula is C16H12BrN3O2. The zero-order chi connectivity index (χ0) is 15.4. The first kappa shape index (κ1) is 14.5. The molecule has 0 aliphatic rings. The summed E-state index contributed by atoms with van der Waals surface area (Å²) in [6.45, 7) is -0.0683. The number of benzene rings is 1. The number of Topliss-reactive ketones (excluding diaryl/α,β-unsaturated/α-hetero) is 1. The summed E-state index contributed by atoms with van der Waals surface area (Å²) < 4.78 is 8.15. The van der Waals surface area contributed by atoms with Crippen LogP contribution < -0.4 is 4.74 Å². The van der Waals surface area contributed by atoms with E-state index in [4.69, 9.17) is 4.74 Å². The largest absolute Gasteiger partial charge is 0.484 e. The van der Waals surface area contributed by atoms with Crippen molar-refractivity contribution in [1.29, 1.82) is 0 Å². The average Bonchev–Trinajstić information content (AvgIpc) is 3.04. The van der Waals surface area contributed by atoms with Crippen molar-refractivity contribution in [1.82, 2.24) is 14.5 Å². The van der Waals surface area contributed by atoms with Crippen LogP contribution >= 0.6 is 15.9 Å². The van der Waals surface area contributed by atoms with E-state index in [0.717, 1.165) is 10.2 Å². The molecule has 0 aliphatic heterocycles. The summed E-state index contributed by atoms with van der Waals surface area (Å²) in [5.41, 5.74) is 1.29. The molecule has 0 radical (unpaired) electrons. The van der Waals surface area contributed by atoms with Gasteiger partial charge in [0.05, 0.1) is 6.20 Å². The first-order chi connectivity index (χ1) is 10.7. The summed E-state index contributed by atoms with van der Waals surface area (Å²) in [6, 6.07) is 11.2. The Hall–Kier alpha value is -2.47. The fourth-order valence-electron chi connectivity index (χ4n) is 1.90. The highest BCUT2D eigenvalue weighted by molar-refractivity contribution is 9.10. The molecule has 0 N–H and O–H groups in total. The van der Waals surface area contributed by atoms with E-state index in [1.54, 1.807) is 41.6 Å². The second kappa shape index (κ2) is 6.53. The maximum absolute atomic E-state index is 12.1. The molecule has 22 heavy (non-hydrogen) atoms. The monoisotopic (exact) mass is 357 g/mol. The van der Waals surface area contributed by atoms with Crippen LogP contribution in [0.5, 0.6) is 5.75 Å². The van der Waals surface area contributed by atoms with E-state index in [1.165, 1.54) is 0 Å². The Kier molecular flexibility index (Phi) is 4.29. The van der Waals surface area contributed by atoms with Crippen LogP contribution in [0.3, 0.4) is 0 Å². The van der Waals surface area contributed by atoms with Gasteiger partial charge in [0, 0.05) is 22.6 Å². The average molecular weight is 358 g/mol. The van der Waals surface area contributed by atoms with E-state index < -0.39 is 0 Å². The zero-order valence-electron chi connectivity index (χ0n) is 11.5. The summed E-state index contributed by atoms with van der Waals surface area (Å²) in [4.78, 5) is 20.2. The number of nitrogens with zero attached hydrogens (tertiary/aromatic N) is 3. The van der Waals surface area contributed by atoms with Crippen LogP contribution in [0.1, 0.15) is 10.5 Å². The van der Waals surface area contributed by atoms with Crippen LogP contribution in [-0.4, -0.2) is 26.9 Å². The van der Waals surface area contributed by atoms with E-state index in [1.807, 2.05) is 24.3 Å². The van der Waals surface area contributed by atoms with Crippen LogP contribution in [0.4, 0.5) is 0 Å². The molecule has 0 aliphatic carbocycles. The Morgan fingerprint density at radius 2 is 2.18 bits per heavy atom. The molecule has 0 atom stereocenters. The van der Waals surface area contributed by atoms with Gasteiger partial charge in [-0.1, -0.05) is 22.0 Å². The Labute approximate surface area is 135 Å². The van der Waals surface area contributed by atoms with Gasteiger partial charge in [-0.2, -0.15) is 0 Å². The normalized spacial score (nSPS) is 10.4. The standard InChI is InChI=1S/C16H12BrN3O2/c17-12-3-1-4-13(7-12)20-9-15(19-11-20)16(21)10-22-14-5-2-6-18-8-14/h1-9,11H,10H2. The summed E-state index contributed by atoms with van der Waals surface area (Å²) >= 11 is 3.42. The Bertz CT molecular complexity index is 787. The van der Waals surface area contributed by atoms with Crippen LogP contribution in [-0.2, 0) is 0 Å². The topological polar surface area (TPSA) is 57.0 Å². The van der Waals surface area contributed by atoms with Crippen molar-refractivity contribution < 1.29 is 9.53 Å². The lowest BCUT2D eigenvalue weighted by Gasteiger charge is -2.03. The lowest BCUT2D eigenvalue weighted by atomic mass is 10.3. The molecule has 0 spiro atoms. The van der Waals surface area contributed by atoms with Gasteiger partial charge in [-0.25, -0.2) is 4.98 Å². The number of ether oxygens (including phenoxy) is 1. The highest BCUT2D eigenvalue weighted by Crippen LogP contribution is 2.16. The number of hydrogen-bond acceptors (Lipinski definition) is 4. The molecule has 3 rings (SSSR count). The van der Waals surface area contributed by atoms with Gasteiger partial charge in [-0.05, 0) is 30.3 Å². The van der Waals surface area contributed by atoms with Gasteiger partial charge < -0.3 is 9.30 Å². The third-order valence-corrected chi connectivity index (χ3v) is 3.47. The Balaban J connectivity index is 1.69. The molecule has 0 fully saturated rings. The highest BCUT2D eigenvalue weighted by Gasteiger charge is 2.11. The number of pyridine rings is 1. The molecule has 0 saturated heterocycles. The maximum Gasteiger partial charge on any atom is 0.220 e. The number of halogens is 1. The molecule has 0 saturated carbocycles. The lowest BCUT2D eigenvalue weighted by Crippen LogP contribution is -2.12. The summed E-state index contributed by atoms with van der Waals surface area (Å²) in [5.74, 6) is 0.375. The van der Waals surface area contributed by atoms with Gasteiger partial charge in [-0.3, -0.25) is 9.78 Å². The summed E-state index contributed by atoms with van der Waals surface area (Å²) in [6.07, 6.45) is 6.51. The van der Waals surface area contributed by atoms with E-state index >= 15 is 0 Å². The number of imidazole rings is 1. The van der Waals surface area contributed by atoms with Crippen molar-refractivity contribution in [3.8, 4) is 11.4 Å². The number of rotatable bonds is 5. The van der Waals surface area contributed by atoms with Crippen molar-refractivity contribution in [2.24, 2.45) is 0 Å². The van der Waals surface area contributed by atoms with Gasteiger partial charge >= 0.3 is 0 Å².